The van der Waals surface area contributed by atoms with Crippen molar-refractivity contribution in [2.24, 2.45) is 0 Å². The van der Waals surface area contributed by atoms with Gasteiger partial charge in [-0.2, -0.15) is 0 Å². The molecule has 32 heavy (non-hydrogen) atoms. The number of benzene rings is 2. The molecule has 5 nitrogen and oxygen atoms in total. The maximum absolute atomic E-state index is 12.8. The lowest BCUT2D eigenvalue weighted by Crippen LogP contribution is -2.23. The van der Waals surface area contributed by atoms with Crippen molar-refractivity contribution in [3.8, 4) is 11.1 Å². The van der Waals surface area contributed by atoms with Gasteiger partial charge in [0.2, 0.25) is 0 Å². The fourth-order valence-electron chi connectivity index (χ4n) is 3.70. The van der Waals surface area contributed by atoms with E-state index in [2.05, 4.69) is 51.8 Å². The minimum absolute atomic E-state index is 0.146. The molecule has 0 aliphatic rings. The summed E-state index contributed by atoms with van der Waals surface area (Å²) in [5.41, 5.74) is 6.21. The molecule has 2 heterocycles. The lowest BCUT2D eigenvalue weighted by Gasteiger charge is -2.15. The zero-order chi connectivity index (χ0) is 22.3. The highest BCUT2D eigenvalue weighted by Crippen LogP contribution is 2.32. The van der Waals surface area contributed by atoms with Crippen LogP contribution in [0.25, 0.3) is 22.0 Å². The number of aromatic nitrogens is 2. The fourth-order valence-corrected chi connectivity index (χ4v) is 3.70. The topological polar surface area (TPSA) is 66.9 Å². The van der Waals surface area contributed by atoms with E-state index in [0.29, 0.717) is 12.1 Å². The smallest absolute Gasteiger partial charge is 0.254 e. The van der Waals surface area contributed by atoms with Crippen molar-refractivity contribution in [1.29, 1.82) is 0 Å². The monoisotopic (exact) mass is 424 g/mol. The van der Waals surface area contributed by atoms with Gasteiger partial charge >= 0.3 is 0 Å². The molecular formula is C27H28N4O. The first-order chi connectivity index (χ1) is 15.7. The lowest BCUT2D eigenvalue weighted by atomic mass is 10.0. The quantitative estimate of drug-likeness (QED) is 0.357. The van der Waals surface area contributed by atoms with Gasteiger partial charge in [0.15, 0.2) is 0 Å². The predicted octanol–water partition coefficient (Wildman–Crippen LogP) is 6.13. The number of rotatable bonds is 8. The predicted molar refractivity (Wildman–Crippen MR) is 131 cm³/mol. The van der Waals surface area contributed by atoms with Crippen molar-refractivity contribution in [1.82, 2.24) is 15.3 Å². The van der Waals surface area contributed by atoms with Gasteiger partial charge in [-0.25, -0.2) is 0 Å². The molecule has 2 aromatic heterocycles. The van der Waals surface area contributed by atoms with Crippen LogP contribution in [0.4, 0.5) is 11.4 Å². The van der Waals surface area contributed by atoms with E-state index in [1.54, 1.807) is 6.20 Å². The number of carbonyl (C=O) groups is 1. The van der Waals surface area contributed by atoms with E-state index >= 15 is 0 Å². The molecule has 0 aliphatic carbocycles. The summed E-state index contributed by atoms with van der Waals surface area (Å²) >= 11 is 0. The Morgan fingerprint density at radius 2 is 1.72 bits per heavy atom. The number of hydrogen-bond acceptors (Lipinski definition) is 4. The number of nitrogens with one attached hydrogen (secondary N) is 2. The molecular weight excluding hydrogens is 396 g/mol. The number of carbonyl (C=O) groups excluding carboxylic acids is 1. The summed E-state index contributed by atoms with van der Waals surface area (Å²) in [6, 6.07) is 20.2. The number of pyridine rings is 2. The van der Waals surface area contributed by atoms with Gasteiger partial charge in [-0.3, -0.25) is 14.8 Å². The first-order valence-electron chi connectivity index (χ1n) is 11.2. The molecule has 0 radical (unpaired) electrons. The van der Waals surface area contributed by atoms with E-state index in [4.69, 9.17) is 0 Å². The van der Waals surface area contributed by atoms with Gasteiger partial charge in [0.25, 0.3) is 5.91 Å². The molecule has 2 N–H and O–H groups in total. The van der Waals surface area contributed by atoms with Crippen LogP contribution in [0.1, 0.15) is 42.7 Å². The molecule has 0 spiro atoms. The molecule has 0 unspecified atom stereocenters. The molecule has 1 amide bonds. The highest BCUT2D eigenvalue weighted by Gasteiger charge is 2.16. The average Bonchev–Trinajstić information content (AvgIpc) is 2.84. The number of para-hydroxylation sites is 1. The normalized spacial score (nSPS) is 10.8. The van der Waals surface area contributed by atoms with Crippen molar-refractivity contribution in [3.63, 3.8) is 0 Å². The van der Waals surface area contributed by atoms with E-state index in [0.717, 1.165) is 58.4 Å². The third kappa shape index (κ3) is 4.78. The van der Waals surface area contributed by atoms with Crippen LogP contribution >= 0.6 is 0 Å². The average molecular weight is 425 g/mol. The fraction of sp³-hybridized carbons (Fsp3) is 0.222. The summed E-state index contributed by atoms with van der Waals surface area (Å²) in [7, 11) is 0. The third-order valence-corrected chi connectivity index (χ3v) is 5.44. The van der Waals surface area contributed by atoms with Crippen molar-refractivity contribution >= 4 is 28.2 Å². The molecule has 4 aromatic rings. The van der Waals surface area contributed by atoms with E-state index < -0.39 is 0 Å². The van der Waals surface area contributed by atoms with Crippen LogP contribution in [0, 0.1) is 0 Å². The second kappa shape index (κ2) is 10.1. The highest BCUT2D eigenvalue weighted by molar-refractivity contribution is 6.08. The lowest BCUT2D eigenvalue weighted by molar-refractivity contribution is 0.0956. The Bertz CT molecular complexity index is 1200. The van der Waals surface area contributed by atoms with Crippen LogP contribution in [0.15, 0.2) is 73.1 Å². The zero-order valence-electron chi connectivity index (χ0n) is 18.6. The second-order valence-corrected chi connectivity index (χ2v) is 7.77. The van der Waals surface area contributed by atoms with Crippen molar-refractivity contribution < 1.29 is 4.79 Å². The summed E-state index contributed by atoms with van der Waals surface area (Å²) in [4.78, 5) is 22.0. The first kappa shape index (κ1) is 21.5. The van der Waals surface area contributed by atoms with Crippen LogP contribution < -0.4 is 10.6 Å². The summed E-state index contributed by atoms with van der Waals surface area (Å²) in [6.45, 7) is 4.65. The van der Waals surface area contributed by atoms with E-state index in [1.807, 2.05) is 49.5 Å². The van der Waals surface area contributed by atoms with Gasteiger partial charge in [-0.1, -0.05) is 43.7 Å². The van der Waals surface area contributed by atoms with Gasteiger partial charge in [-0.15, -0.1) is 0 Å². The Morgan fingerprint density at radius 1 is 0.906 bits per heavy atom. The van der Waals surface area contributed by atoms with Crippen LogP contribution in [-0.2, 0) is 6.42 Å². The number of hydrogen-bond donors (Lipinski definition) is 2. The summed E-state index contributed by atoms with van der Waals surface area (Å²) in [6.07, 6.45) is 6.87. The molecule has 2 aromatic carbocycles. The van der Waals surface area contributed by atoms with E-state index in [-0.39, 0.29) is 5.91 Å². The highest BCUT2D eigenvalue weighted by atomic mass is 16.1. The molecule has 0 aliphatic heterocycles. The van der Waals surface area contributed by atoms with Crippen LogP contribution in [0.2, 0.25) is 0 Å². The standard InChI is InChI=1S/C27H28N4O/c1-3-5-9-21-14-12-20(17-29-21)19-13-15-25-23(16-19)26(31-22-10-7-6-8-11-22)24(18-30-25)27(32)28-4-2/h6-8,10-18H,3-5,9H2,1-2H3,(H,28,32)(H,30,31). The van der Waals surface area contributed by atoms with Crippen LogP contribution in [0.5, 0.6) is 0 Å². The molecule has 0 fully saturated rings. The van der Waals surface area contributed by atoms with Gasteiger partial charge in [-0.05, 0) is 55.7 Å². The molecule has 0 saturated carbocycles. The number of amides is 1. The minimum Gasteiger partial charge on any atom is -0.354 e. The molecule has 4 rings (SSSR count). The number of unbranched alkanes of at least 4 members (excludes halogenated alkanes) is 1. The van der Waals surface area contributed by atoms with E-state index in [1.165, 1.54) is 0 Å². The van der Waals surface area contributed by atoms with Gasteiger partial charge in [0, 0.05) is 41.3 Å². The number of fused-ring (bicyclic) bond motifs is 1. The summed E-state index contributed by atoms with van der Waals surface area (Å²) in [5.74, 6) is -0.146. The van der Waals surface area contributed by atoms with Gasteiger partial charge in [0.1, 0.15) is 0 Å². The second-order valence-electron chi connectivity index (χ2n) is 7.77. The Hall–Kier alpha value is -3.73. The Balaban J connectivity index is 1.79. The summed E-state index contributed by atoms with van der Waals surface area (Å²) < 4.78 is 0. The Labute approximate surface area is 188 Å². The molecule has 0 bridgehead atoms. The van der Waals surface area contributed by atoms with Gasteiger partial charge < -0.3 is 10.6 Å². The molecule has 0 saturated heterocycles. The number of aryl methyl sites for hydroxylation is 1. The maximum Gasteiger partial charge on any atom is 0.254 e. The van der Waals surface area contributed by atoms with Crippen LogP contribution in [-0.4, -0.2) is 22.4 Å². The molecule has 162 valence electrons. The first-order valence-corrected chi connectivity index (χ1v) is 11.2. The minimum atomic E-state index is -0.146. The zero-order valence-corrected chi connectivity index (χ0v) is 18.6. The molecule has 0 atom stereocenters. The SMILES string of the molecule is CCCCc1ccc(-c2ccc3ncc(C(=O)NCC)c(Nc4ccccc4)c3c2)cn1. The largest absolute Gasteiger partial charge is 0.354 e. The van der Waals surface area contributed by atoms with Crippen molar-refractivity contribution in [2.75, 3.05) is 11.9 Å². The summed E-state index contributed by atoms with van der Waals surface area (Å²) in [5, 5.41) is 7.24. The van der Waals surface area contributed by atoms with Crippen LogP contribution in [0.3, 0.4) is 0 Å². The Kier molecular flexibility index (Phi) is 6.75. The maximum atomic E-state index is 12.8. The van der Waals surface area contributed by atoms with Gasteiger partial charge in [0.05, 0.1) is 16.8 Å². The van der Waals surface area contributed by atoms with E-state index in [9.17, 15) is 4.79 Å². The molecule has 5 heteroatoms. The van der Waals surface area contributed by atoms with Crippen molar-refractivity contribution in [3.05, 3.63) is 84.3 Å². The third-order valence-electron chi connectivity index (χ3n) is 5.44. The number of nitrogens with zero attached hydrogens (tertiary/aromatic N) is 2. The van der Waals surface area contributed by atoms with Crippen molar-refractivity contribution in [2.45, 2.75) is 33.1 Å². The Morgan fingerprint density at radius 3 is 2.44 bits per heavy atom. The number of anilines is 2.